The van der Waals surface area contributed by atoms with Crippen LogP contribution in [0.5, 0.6) is 0 Å². The Balaban J connectivity index is 1.70. The van der Waals surface area contributed by atoms with Crippen molar-refractivity contribution < 1.29 is 64.6 Å². The number of carbonyl (C=O) groups is 1. The van der Waals surface area contributed by atoms with Crippen LogP contribution in [0.2, 0.25) is 0 Å². The summed E-state index contributed by atoms with van der Waals surface area (Å²) in [5.74, 6) is -0.221. The number of hydrogen-bond donors (Lipinski definition) is 9. The van der Waals surface area contributed by atoms with Gasteiger partial charge in [-0.2, -0.15) is 0 Å². The van der Waals surface area contributed by atoms with E-state index in [0.717, 1.165) is 103 Å². The topological polar surface area (TPSA) is 228 Å². The van der Waals surface area contributed by atoms with Crippen LogP contribution in [0.15, 0.2) is 72.9 Å². The van der Waals surface area contributed by atoms with E-state index in [4.69, 9.17) is 18.9 Å². The van der Waals surface area contributed by atoms with Crippen LogP contribution in [0.3, 0.4) is 0 Å². The summed E-state index contributed by atoms with van der Waals surface area (Å²) in [7, 11) is 0. The van der Waals surface area contributed by atoms with Crippen molar-refractivity contribution in [3.63, 3.8) is 0 Å². The van der Waals surface area contributed by atoms with Crippen LogP contribution >= 0.6 is 0 Å². The van der Waals surface area contributed by atoms with Crippen LogP contribution in [0.25, 0.3) is 0 Å². The van der Waals surface area contributed by atoms with Gasteiger partial charge in [-0.05, 0) is 64.2 Å². The fourth-order valence-electron chi connectivity index (χ4n) is 11.2. The van der Waals surface area contributed by atoms with E-state index in [0.29, 0.717) is 12.8 Å². The first kappa shape index (κ1) is 78.5. The Bertz CT molecular complexity index is 1700. The van der Waals surface area contributed by atoms with Gasteiger partial charge < -0.3 is 65.1 Å². The number of hydrogen-bond acceptors (Lipinski definition) is 13. The molecule has 0 bridgehead atoms. The van der Waals surface area contributed by atoms with Crippen LogP contribution in [0.4, 0.5) is 0 Å². The zero-order chi connectivity index (χ0) is 61.6. The summed E-state index contributed by atoms with van der Waals surface area (Å²) in [6.45, 7) is 2.77. The van der Waals surface area contributed by atoms with E-state index in [1.807, 2.05) is 0 Å². The molecule has 2 heterocycles. The van der Waals surface area contributed by atoms with Crippen molar-refractivity contribution in [3.05, 3.63) is 72.9 Å². The molecule has 0 aliphatic carbocycles. The highest BCUT2D eigenvalue weighted by Crippen LogP contribution is 2.30. The Morgan fingerprint density at radius 2 is 0.812 bits per heavy atom. The Labute approximate surface area is 517 Å². The fraction of sp³-hybridized carbons (Fsp3) is 0.817. The first-order valence-electron chi connectivity index (χ1n) is 34.7. The maximum Gasteiger partial charge on any atom is 0.220 e. The second-order valence-corrected chi connectivity index (χ2v) is 24.3. The molecule has 0 aromatic heterocycles. The molecule has 12 unspecified atom stereocenters. The van der Waals surface area contributed by atoms with Gasteiger partial charge in [0.05, 0.1) is 32.0 Å². The van der Waals surface area contributed by atoms with E-state index in [2.05, 4.69) is 92.1 Å². The molecule has 14 nitrogen and oxygen atoms in total. The molecule has 2 aliphatic heterocycles. The van der Waals surface area contributed by atoms with E-state index >= 15 is 0 Å². The molecule has 0 aromatic carbocycles. The Morgan fingerprint density at radius 3 is 1.25 bits per heavy atom. The average Bonchev–Trinajstić information content (AvgIpc) is 3.29. The number of aliphatic hydroxyl groups is 8. The lowest BCUT2D eigenvalue weighted by atomic mass is 9.97. The second kappa shape index (κ2) is 55.5. The SMILES string of the molecule is CC/C=C\C/C=C\C/C=C\C/C=C\C/C=C\C/C=C\CCCCCCCCC(=O)NC(COC1OC(CO)C(OC2OC(CO)C(O)C(O)C2O)C(O)C1O)C(O)CCCCCCCCCCCCCCCCCCCCCCCCCCCC. The molecule has 2 fully saturated rings. The van der Waals surface area contributed by atoms with E-state index < -0.39 is 86.8 Å². The molecule has 494 valence electrons. The minimum atomic E-state index is -1.79. The summed E-state index contributed by atoms with van der Waals surface area (Å²) in [5, 5.41) is 87.6. The normalized spacial score (nSPS) is 24.0. The standard InChI is InChI=1S/C71H127NO13/c1-3-5-7-9-11-13-15-17-19-21-23-25-27-29-31-32-34-36-38-40-42-44-46-48-50-52-54-60(75)59(58-82-70-68(81)66(79)69(62(57-74)84-70)85-71-67(80)65(78)64(77)61(56-73)83-71)72-63(76)55-53-51-49-47-45-43-41-39-37-35-33-30-28-26-24-22-20-18-16-14-12-10-8-6-4-2/h6,8,12,14,18,20,24,26,30,33,37,39,59-62,64-71,73-75,77-81H,3-5,7,9-11,13,15-17,19,21-23,25,27-29,31-32,34-36,38,40-58H2,1-2H3,(H,72,76)/b8-6-,14-12-,20-18-,26-24-,33-30-,39-37-. The van der Waals surface area contributed by atoms with Gasteiger partial charge in [-0.1, -0.05) is 279 Å². The largest absolute Gasteiger partial charge is 0.394 e. The minimum absolute atomic E-state index is 0.221. The zero-order valence-corrected chi connectivity index (χ0v) is 53.6. The van der Waals surface area contributed by atoms with Crippen molar-refractivity contribution in [1.82, 2.24) is 5.32 Å². The monoisotopic (exact) mass is 1200 g/mol. The van der Waals surface area contributed by atoms with Crippen molar-refractivity contribution in [2.45, 2.75) is 351 Å². The van der Waals surface area contributed by atoms with Crippen LogP contribution in [0, 0.1) is 0 Å². The molecule has 0 radical (unpaired) electrons. The van der Waals surface area contributed by atoms with Crippen LogP contribution in [-0.2, 0) is 23.7 Å². The lowest BCUT2D eigenvalue weighted by molar-refractivity contribution is -0.359. The summed E-state index contributed by atoms with van der Waals surface area (Å²) in [6, 6.07) is -0.843. The second-order valence-electron chi connectivity index (χ2n) is 24.3. The minimum Gasteiger partial charge on any atom is -0.394 e. The quantitative estimate of drug-likeness (QED) is 0.0204. The summed E-state index contributed by atoms with van der Waals surface area (Å²) >= 11 is 0. The Hall–Kier alpha value is -2.57. The van der Waals surface area contributed by atoms with E-state index in [-0.39, 0.29) is 18.9 Å². The highest BCUT2D eigenvalue weighted by Gasteiger charge is 2.51. The lowest BCUT2D eigenvalue weighted by Crippen LogP contribution is -2.65. The maximum atomic E-state index is 13.3. The van der Waals surface area contributed by atoms with Crippen molar-refractivity contribution in [1.29, 1.82) is 0 Å². The van der Waals surface area contributed by atoms with Gasteiger partial charge in [0.15, 0.2) is 12.6 Å². The van der Waals surface area contributed by atoms with Gasteiger partial charge in [0.1, 0.15) is 48.8 Å². The molecule has 0 aromatic rings. The van der Waals surface area contributed by atoms with Gasteiger partial charge in [0.2, 0.25) is 5.91 Å². The number of ether oxygens (including phenoxy) is 4. The van der Waals surface area contributed by atoms with Crippen LogP contribution in [0.1, 0.15) is 277 Å². The van der Waals surface area contributed by atoms with E-state index in [9.17, 15) is 45.6 Å². The summed E-state index contributed by atoms with van der Waals surface area (Å²) < 4.78 is 22.9. The zero-order valence-electron chi connectivity index (χ0n) is 53.6. The third-order valence-electron chi connectivity index (χ3n) is 16.7. The number of nitrogens with one attached hydrogen (secondary N) is 1. The van der Waals surface area contributed by atoms with Gasteiger partial charge in [-0.3, -0.25) is 4.79 Å². The molecule has 0 spiro atoms. The maximum absolute atomic E-state index is 13.3. The third kappa shape index (κ3) is 39.9. The van der Waals surface area contributed by atoms with Gasteiger partial charge in [0.25, 0.3) is 0 Å². The molecular weight excluding hydrogens is 1070 g/mol. The molecular formula is C71H127NO13. The predicted molar refractivity (Wildman–Crippen MR) is 346 cm³/mol. The summed E-state index contributed by atoms with van der Waals surface area (Å²) in [4.78, 5) is 13.3. The smallest absolute Gasteiger partial charge is 0.220 e. The molecule has 2 aliphatic rings. The van der Waals surface area contributed by atoms with Crippen molar-refractivity contribution >= 4 is 5.91 Å². The molecule has 2 rings (SSSR count). The average molecular weight is 1200 g/mol. The number of unbranched alkanes of at least 4 members (excludes halogenated alkanes) is 31. The van der Waals surface area contributed by atoms with E-state index in [1.165, 1.54) is 141 Å². The van der Waals surface area contributed by atoms with Crippen molar-refractivity contribution in [3.8, 4) is 0 Å². The van der Waals surface area contributed by atoms with Crippen LogP contribution < -0.4 is 5.32 Å². The number of carbonyl (C=O) groups excluding carboxylic acids is 1. The lowest BCUT2D eigenvalue weighted by Gasteiger charge is -2.46. The first-order valence-corrected chi connectivity index (χ1v) is 34.7. The predicted octanol–water partition coefficient (Wildman–Crippen LogP) is 13.8. The molecule has 0 saturated carbocycles. The molecule has 2 saturated heterocycles. The molecule has 1 amide bonds. The first-order chi connectivity index (χ1) is 41.6. The van der Waals surface area contributed by atoms with Crippen molar-refractivity contribution in [2.24, 2.45) is 0 Å². The van der Waals surface area contributed by atoms with Crippen molar-refractivity contribution in [2.75, 3.05) is 19.8 Å². The number of aliphatic hydroxyl groups excluding tert-OH is 8. The highest BCUT2D eigenvalue weighted by molar-refractivity contribution is 5.76. The summed E-state index contributed by atoms with van der Waals surface area (Å²) in [5.41, 5.74) is 0. The van der Waals surface area contributed by atoms with Gasteiger partial charge in [-0.15, -0.1) is 0 Å². The number of amides is 1. The molecule has 14 heteroatoms. The van der Waals surface area contributed by atoms with Gasteiger partial charge >= 0.3 is 0 Å². The molecule has 9 N–H and O–H groups in total. The van der Waals surface area contributed by atoms with Gasteiger partial charge in [0, 0.05) is 6.42 Å². The number of rotatable bonds is 56. The molecule has 85 heavy (non-hydrogen) atoms. The fourth-order valence-corrected chi connectivity index (χ4v) is 11.2. The summed E-state index contributed by atoms with van der Waals surface area (Å²) in [6.07, 6.45) is 57.6. The van der Waals surface area contributed by atoms with E-state index in [1.54, 1.807) is 0 Å². The number of allylic oxidation sites excluding steroid dienone is 12. The third-order valence-corrected chi connectivity index (χ3v) is 16.7. The molecule has 12 atom stereocenters. The highest BCUT2D eigenvalue weighted by atomic mass is 16.7. The Morgan fingerprint density at radius 1 is 0.435 bits per heavy atom. The van der Waals surface area contributed by atoms with Crippen LogP contribution in [-0.4, -0.2) is 140 Å². The Kier molecular flexibility index (Phi) is 51.3. The van der Waals surface area contributed by atoms with Gasteiger partial charge in [-0.25, -0.2) is 0 Å².